The summed E-state index contributed by atoms with van der Waals surface area (Å²) in [4.78, 5) is 23.3. The van der Waals surface area contributed by atoms with Gasteiger partial charge in [0.05, 0.1) is 39.9 Å². The summed E-state index contributed by atoms with van der Waals surface area (Å²) in [5.41, 5.74) is 0. The van der Waals surface area contributed by atoms with Gasteiger partial charge in [-0.2, -0.15) is 0 Å². The largest absolute Gasteiger partial charge is 0.472 e. The average Bonchev–Trinajstić information content (AvgIpc) is 3.36. The van der Waals surface area contributed by atoms with Crippen molar-refractivity contribution in [1.29, 1.82) is 0 Å². The van der Waals surface area contributed by atoms with E-state index in [1.54, 1.807) is 6.08 Å². The number of quaternary nitrogens is 1. The Balaban J connectivity index is 4.24. The molecule has 0 rings (SSSR count). The lowest BCUT2D eigenvalue weighted by molar-refractivity contribution is -0.870. The molecule has 0 spiro atoms. The molecule has 3 unspecified atom stereocenters. The molecular formula is C65H110N2O6P+. The normalized spacial score (nSPS) is 15.0. The fourth-order valence-electron chi connectivity index (χ4n) is 7.50. The van der Waals surface area contributed by atoms with E-state index in [4.69, 9.17) is 9.05 Å². The van der Waals surface area contributed by atoms with Crippen molar-refractivity contribution in [2.75, 3.05) is 40.9 Å². The number of hydrogen-bond acceptors (Lipinski definition) is 5. The van der Waals surface area contributed by atoms with Crippen molar-refractivity contribution in [2.24, 2.45) is 0 Å². The summed E-state index contributed by atoms with van der Waals surface area (Å²) in [5, 5.41) is 13.9. The van der Waals surface area contributed by atoms with Gasteiger partial charge in [-0.25, -0.2) is 4.57 Å². The van der Waals surface area contributed by atoms with Crippen LogP contribution >= 0.6 is 7.82 Å². The zero-order valence-corrected chi connectivity index (χ0v) is 48.7. The molecule has 0 aliphatic heterocycles. The molecule has 0 heterocycles. The second-order valence-corrected chi connectivity index (χ2v) is 21.7. The van der Waals surface area contributed by atoms with Gasteiger partial charge in [-0.3, -0.25) is 13.8 Å². The van der Waals surface area contributed by atoms with Crippen LogP contribution in [0.25, 0.3) is 0 Å². The summed E-state index contributed by atoms with van der Waals surface area (Å²) >= 11 is 0. The monoisotopic (exact) mass is 1050 g/mol. The summed E-state index contributed by atoms with van der Waals surface area (Å²) in [6, 6.07) is -0.882. The third kappa shape index (κ3) is 56.1. The SMILES string of the molecule is CC/C=C\C/C=C\C/C=C\C/C=C\C/C=C\C/C=C\C/C=C\C/C=C\C/C=C\C/C=C\CCCCCCCCC(=O)NC(COP(=O)(O)OCC[N+](C)(C)C)C(O)/C=C/CC/C=C/CCCCCCCCCCC. The van der Waals surface area contributed by atoms with E-state index < -0.39 is 20.0 Å². The Morgan fingerprint density at radius 2 is 0.824 bits per heavy atom. The Bertz CT molecular complexity index is 1710. The number of allylic oxidation sites excluding steroid dienone is 23. The fraction of sp³-hybridized carbons (Fsp3) is 0.615. The first-order valence-electron chi connectivity index (χ1n) is 29.2. The van der Waals surface area contributed by atoms with Crippen LogP contribution in [0.5, 0.6) is 0 Å². The topological polar surface area (TPSA) is 105 Å². The van der Waals surface area contributed by atoms with Crippen LogP contribution < -0.4 is 5.32 Å². The highest BCUT2D eigenvalue weighted by Gasteiger charge is 2.27. The van der Waals surface area contributed by atoms with Crippen molar-refractivity contribution in [1.82, 2.24) is 5.32 Å². The molecule has 8 nitrogen and oxygen atoms in total. The van der Waals surface area contributed by atoms with Crippen LogP contribution in [0.4, 0.5) is 0 Å². The van der Waals surface area contributed by atoms with Crippen molar-refractivity contribution >= 4 is 13.7 Å². The minimum absolute atomic E-state index is 0.0452. The molecule has 0 saturated heterocycles. The Hall–Kier alpha value is -3.62. The summed E-state index contributed by atoms with van der Waals surface area (Å²) in [7, 11) is 1.52. The Morgan fingerprint density at radius 3 is 1.24 bits per heavy atom. The molecule has 0 aromatic carbocycles. The number of aliphatic hydroxyl groups is 1. The minimum Gasteiger partial charge on any atom is -0.387 e. The Kier molecular flexibility index (Phi) is 51.5. The third-order valence-electron chi connectivity index (χ3n) is 12.0. The third-order valence-corrected chi connectivity index (χ3v) is 13.0. The van der Waals surface area contributed by atoms with E-state index in [0.717, 1.165) is 128 Å². The summed E-state index contributed by atoms with van der Waals surface area (Å²) in [6.07, 6.45) is 83.8. The maximum absolute atomic E-state index is 13.0. The van der Waals surface area contributed by atoms with Gasteiger partial charge in [-0.15, -0.1) is 0 Å². The highest BCUT2D eigenvalue weighted by molar-refractivity contribution is 7.47. The van der Waals surface area contributed by atoms with Crippen molar-refractivity contribution in [3.8, 4) is 0 Å². The van der Waals surface area contributed by atoms with E-state index >= 15 is 0 Å². The first kappa shape index (κ1) is 70.4. The molecule has 9 heteroatoms. The molecule has 0 radical (unpaired) electrons. The molecule has 420 valence electrons. The van der Waals surface area contributed by atoms with E-state index in [0.29, 0.717) is 17.4 Å². The second-order valence-electron chi connectivity index (χ2n) is 20.3. The molecule has 74 heavy (non-hydrogen) atoms. The minimum atomic E-state index is -4.37. The van der Waals surface area contributed by atoms with Gasteiger partial charge in [-0.05, 0) is 109 Å². The van der Waals surface area contributed by atoms with Crippen LogP contribution in [0.15, 0.2) is 146 Å². The Morgan fingerprint density at radius 1 is 0.473 bits per heavy atom. The lowest BCUT2D eigenvalue weighted by atomic mass is 10.1. The lowest BCUT2D eigenvalue weighted by Gasteiger charge is -2.25. The number of unbranched alkanes of at least 4 members (excludes halogenated alkanes) is 16. The summed E-state index contributed by atoms with van der Waals surface area (Å²) in [6.45, 7) is 4.64. The van der Waals surface area contributed by atoms with Gasteiger partial charge >= 0.3 is 7.82 Å². The second kappa shape index (κ2) is 54.2. The number of hydrogen-bond donors (Lipinski definition) is 3. The number of aliphatic hydroxyl groups excluding tert-OH is 1. The molecule has 0 aliphatic rings. The quantitative estimate of drug-likeness (QED) is 0.0243. The molecule has 0 saturated carbocycles. The number of carbonyl (C=O) groups is 1. The zero-order chi connectivity index (χ0) is 54.2. The first-order chi connectivity index (χ1) is 36.0. The molecule has 3 N–H and O–H groups in total. The molecule has 0 bridgehead atoms. The van der Waals surface area contributed by atoms with Crippen LogP contribution in [0.1, 0.15) is 206 Å². The van der Waals surface area contributed by atoms with Gasteiger partial charge in [-0.1, -0.05) is 237 Å². The van der Waals surface area contributed by atoms with Crippen LogP contribution in [-0.2, 0) is 18.4 Å². The van der Waals surface area contributed by atoms with Gasteiger partial charge < -0.3 is 19.8 Å². The van der Waals surface area contributed by atoms with Crippen molar-refractivity contribution in [3.63, 3.8) is 0 Å². The lowest BCUT2D eigenvalue weighted by Crippen LogP contribution is -2.45. The van der Waals surface area contributed by atoms with Crippen LogP contribution in [0, 0.1) is 0 Å². The maximum Gasteiger partial charge on any atom is 0.472 e. The predicted octanol–water partition coefficient (Wildman–Crippen LogP) is 18.1. The number of rotatable bonds is 51. The molecular weight excluding hydrogens is 936 g/mol. The van der Waals surface area contributed by atoms with E-state index in [2.05, 4.69) is 153 Å². The summed E-state index contributed by atoms with van der Waals surface area (Å²) < 4.78 is 23.6. The smallest absolute Gasteiger partial charge is 0.387 e. The van der Waals surface area contributed by atoms with E-state index in [1.807, 2.05) is 27.2 Å². The van der Waals surface area contributed by atoms with Crippen molar-refractivity contribution in [3.05, 3.63) is 146 Å². The number of amides is 1. The number of nitrogens with one attached hydrogen (secondary N) is 1. The number of phosphoric ester groups is 1. The van der Waals surface area contributed by atoms with E-state index in [1.165, 1.54) is 57.8 Å². The molecule has 0 aromatic rings. The van der Waals surface area contributed by atoms with E-state index in [-0.39, 0.29) is 19.1 Å². The standard InChI is InChI=1S/C65H109N2O6P/c1-6-8-10-12-14-16-18-20-22-23-24-25-26-27-28-29-30-31-32-33-34-35-36-37-38-39-40-41-42-43-45-47-49-51-53-55-57-59-65(69)66-63(62-73-74(70,71)72-61-60-67(3,4)5)64(68)58-56-54-52-50-48-46-44-21-19-17-15-13-11-9-7-2/h8,10,14,16,20,22,24-25,27-28,30-31,33-34,36-37,39-40,42-43,48,50,56,58,63-64,68H,6-7,9,11-13,15,17-19,21,23,26,29,32,35,38,41,44-47,49,51-55,57,59-62H2,1-5H3,(H-,66,69,70,71)/p+1/b10-8-,16-14-,22-20-,25-24-,28-27-,31-30-,34-33-,37-36-,40-39-,43-42-,50-48+,58-56+. The van der Waals surface area contributed by atoms with E-state index in [9.17, 15) is 19.4 Å². The molecule has 0 aromatic heterocycles. The fourth-order valence-corrected chi connectivity index (χ4v) is 8.23. The van der Waals surface area contributed by atoms with Crippen LogP contribution in [0.2, 0.25) is 0 Å². The van der Waals surface area contributed by atoms with Gasteiger partial charge in [0.2, 0.25) is 5.91 Å². The van der Waals surface area contributed by atoms with Gasteiger partial charge in [0.25, 0.3) is 0 Å². The highest BCUT2D eigenvalue weighted by atomic mass is 31.2. The average molecular weight is 1050 g/mol. The van der Waals surface area contributed by atoms with Gasteiger partial charge in [0.1, 0.15) is 13.2 Å². The molecule has 0 fully saturated rings. The van der Waals surface area contributed by atoms with Crippen LogP contribution in [0.3, 0.4) is 0 Å². The zero-order valence-electron chi connectivity index (χ0n) is 47.8. The predicted molar refractivity (Wildman–Crippen MR) is 322 cm³/mol. The molecule has 3 atom stereocenters. The molecule has 0 aliphatic carbocycles. The van der Waals surface area contributed by atoms with Crippen molar-refractivity contribution < 1.29 is 32.9 Å². The number of likely N-dealkylation sites (N-methyl/N-ethyl adjacent to an activating group) is 1. The molecule has 1 amide bonds. The summed E-state index contributed by atoms with van der Waals surface area (Å²) in [5.74, 6) is -0.208. The van der Waals surface area contributed by atoms with Gasteiger partial charge in [0.15, 0.2) is 0 Å². The number of phosphoric acid groups is 1. The van der Waals surface area contributed by atoms with Crippen LogP contribution in [-0.4, -0.2) is 73.4 Å². The van der Waals surface area contributed by atoms with Crippen molar-refractivity contribution in [2.45, 2.75) is 219 Å². The number of carbonyl (C=O) groups excluding carboxylic acids is 1. The Labute approximate surface area is 455 Å². The van der Waals surface area contributed by atoms with Gasteiger partial charge in [0, 0.05) is 6.42 Å². The number of nitrogens with zero attached hydrogens (tertiary/aromatic N) is 1. The maximum atomic E-state index is 13.0. The first-order valence-corrected chi connectivity index (χ1v) is 30.7. The highest BCUT2D eigenvalue weighted by Crippen LogP contribution is 2.43.